The fraction of sp³-hybridized carbons (Fsp3) is 0.700. The van der Waals surface area contributed by atoms with Gasteiger partial charge in [0.1, 0.15) is 0 Å². The molecule has 17 heavy (non-hydrogen) atoms. The van der Waals surface area contributed by atoms with E-state index < -0.39 is 0 Å². The molecule has 1 atom stereocenters. The summed E-state index contributed by atoms with van der Waals surface area (Å²) in [5.41, 5.74) is 0. The summed E-state index contributed by atoms with van der Waals surface area (Å²) in [4.78, 5) is 12.1. The molecule has 0 aliphatic heterocycles. The number of nitrogens with one attached hydrogen (secondary N) is 2. The number of hydrogen-bond donors (Lipinski definition) is 3. The largest absolute Gasteiger partial charge is 0.396 e. The zero-order valence-electron chi connectivity index (χ0n) is 10.1. The van der Waals surface area contributed by atoms with Gasteiger partial charge in [-0.1, -0.05) is 6.92 Å². The lowest BCUT2D eigenvalue weighted by Gasteiger charge is -2.13. The second kappa shape index (κ2) is 7.24. The monoisotopic (exact) mass is 259 g/mol. The topological polar surface area (TPSA) is 83.0 Å². The molecule has 0 saturated carbocycles. The van der Waals surface area contributed by atoms with Crippen LogP contribution in [0.5, 0.6) is 0 Å². The van der Waals surface area contributed by atoms with Crippen LogP contribution in [0.3, 0.4) is 0 Å². The molecule has 1 rings (SSSR count). The zero-order chi connectivity index (χ0) is 12.7. The average Bonchev–Trinajstić information content (AvgIpc) is 2.25. The van der Waals surface area contributed by atoms with E-state index >= 15 is 0 Å². The van der Waals surface area contributed by atoms with Gasteiger partial charge in [0.15, 0.2) is 0 Å². The van der Waals surface area contributed by atoms with Gasteiger partial charge in [0, 0.05) is 19.2 Å². The van der Waals surface area contributed by atoms with Gasteiger partial charge in [0.2, 0.25) is 17.2 Å². The SMILES string of the molecule is CCCNc1nc(Cl)nc(NC(C)CCO)n1. The van der Waals surface area contributed by atoms with Crippen molar-refractivity contribution in [3.63, 3.8) is 0 Å². The summed E-state index contributed by atoms with van der Waals surface area (Å²) in [6.07, 6.45) is 1.61. The number of halogens is 1. The molecule has 96 valence electrons. The van der Waals surface area contributed by atoms with Crippen LogP contribution in [0.2, 0.25) is 5.28 Å². The first kappa shape index (κ1) is 13.9. The van der Waals surface area contributed by atoms with Crippen molar-refractivity contribution in [3.05, 3.63) is 5.28 Å². The van der Waals surface area contributed by atoms with Crippen LogP contribution in [-0.2, 0) is 0 Å². The Morgan fingerprint density at radius 1 is 1.29 bits per heavy atom. The van der Waals surface area contributed by atoms with Crippen LogP contribution >= 0.6 is 11.6 Å². The van der Waals surface area contributed by atoms with Crippen molar-refractivity contribution in [1.29, 1.82) is 0 Å². The maximum Gasteiger partial charge on any atom is 0.229 e. The number of aliphatic hydroxyl groups is 1. The fourth-order valence-electron chi connectivity index (χ4n) is 1.22. The minimum absolute atomic E-state index is 0.0810. The van der Waals surface area contributed by atoms with Crippen LogP contribution < -0.4 is 10.6 Å². The third-order valence-corrected chi connectivity index (χ3v) is 2.25. The first-order valence-corrected chi connectivity index (χ1v) is 6.06. The van der Waals surface area contributed by atoms with Crippen molar-refractivity contribution < 1.29 is 5.11 Å². The lowest BCUT2D eigenvalue weighted by molar-refractivity contribution is 0.282. The Morgan fingerprint density at radius 3 is 2.65 bits per heavy atom. The van der Waals surface area contributed by atoms with Gasteiger partial charge in [-0.15, -0.1) is 0 Å². The van der Waals surface area contributed by atoms with Crippen molar-refractivity contribution in [2.24, 2.45) is 0 Å². The molecule has 0 bridgehead atoms. The highest BCUT2D eigenvalue weighted by atomic mass is 35.5. The Bertz CT molecular complexity index is 349. The Balaban J connectivity index is 2.67. The van der Waals surface area contributed by atoms with Crippen LogP contribution in [0.4, 0.5) is 11.9 Å². The molecule has 1 unspecified atom stereocenters. The lowest BCUT2D eigenvalue weighted by Crippen LogP contribution is -2.19. The third kappa shape index (κ3) is 5.14. The summed E-state index contributed by atoms with van der Waals surface area (Å²) < 4.78 is 0. The molecule has 6 nitrogen and oxygen atoms in total. The van der Waals surface area contributed by atoms with E-state index in [0.29, 0.717) is 18.3 Å². The van der Waals surface area contributed by atoms with Crippen molar-refractivity contribution in [3.8, 4) is 0 Å². The third-order valence-electron chi connectivity index (χ3n) is 2.08. The molecule has 0 radical (unpaired) electrons. The molecule has 0 fully saturated rings. The Morgan fingerprint density at radius 2 is 2.00 bits per heavy atom. The molecule has 0 saturated heterocycles. The van der Waals surface area contributed by atoms with E-state index in [9.17, 15) is 0 Å². The number of aromatic nitrogens is 3. The van der Waals surface area contributed by atoms with Crippen molar-refractivity contribution in [2.45, 2.75) is 32.7 Å². The van der Waals surface area contributed by atoms with E-state index in [4.69, 9.17) is 16.7 Å². The molecule has 1 aromatic rings. The van der Waals surface area contributed by atoms with Crippen LogP contribution in [-0.4, -0.2) is 39.3 Å². The Labute approximate surface area is 106 Å². The van der Waals surface area contributed by atoms with E-state index in [1.165, 1.54) is 0 Å². The lowest BCUT2D eigenvalue weighted by atomic mass is 10.2. The second-order valence-corrected chi connectivity index (χ2v) is 4.07. The summed E-state index contributed by atoms with van der Waals surface area (Å²) in [5.74, 6) is 0.884. The van der Waals surface area contributed by atoms with E-state index in [1.807, 2.05) is 6.92 Å². The smallest absolute Gasteiger partial charge is 0.229 e. The summed E-state index contributed by atoms with van der Waals surface area (Å²) >= 11 is 5.80. The minimum atomic E-state index is 0.0810. The summed E-state index contributed by atoms with van der Waals surface area (Å²) in [6.45, 7) is 4.89. The highest BCUT2D eigenvalue weighted by Crippen LogP contribution is 2.11. The van der Waals surface area contributed by atoms with Crippen molar-refractivity contribution in [2.75, 3.05) is 23.8 Å². The Hall–Kier alpha value is -1.14. The Kier molecular flexibility index (Phi) is 5.93. The van der Waals surface area contributed by atoms with Crippen LogP contribution in [0.1, 0.15) is 26.7 Å². The molecular formula is C10H18ClN5O. The van der Waals surface area contributed by atoms with E-state index in [2.05, 4.69) is 32.5 Å². The molecular weight excluding hydrogens is 242 g/mol. The molecule has 0 aliphatic carbocycles. The van der Waals surface area contributed by atoms with Crippen LogP contribution in [0.25, 0.3) is 0 Å². The van der Waals surface area contributed by atoms with Gasteiger partial charge in [0.05, 0.1) is 0 Å². The number of nitrogens with zero attached hydrogens (tertiary/aromatic N) is 3. The van der Waals surface area contributed by atoms with Gasteiger partial charge in [-0.3, -0.25) is 0 Å². The first-order valence-electron chi connectivity index (χ1n) is 5.68. The van der Waals surface area contributed by atoms with Gasteiger partial charge in [0.25, 0.3) is 0 Å². The molecule has 0 aromatic carbocycles. The molecule has 3 N–H and O–H groups in total. The van der Waals surface area contributed by atoms with E-state index in [-0.39, 0.29) is 17.9 Å². The number of anilines is 2. The second-order valence-electron chi connectivity index (χ2n) is 3.74. The highest BCUT2D eigenvalue weighted by Gasteiger charge is 2.07. The number of aliphatic hydroxyl groups excluding tert-OH is 1. The first-order chi connectivity index (χ1) is 8.15. The quantitative estimate of drug-likeness (QED) is 0.689. The van der Waals surface area contributed by atoms with Gasteiger partial charge >= 0.3 is 0 Å². The van der Waals surface area contributed by atoms with Gasteiger partial charge in [-0.2, -0.15) is 15.0 Å². The summed E-state index contributed by atoms with van der Waals surface area (Å²) in [7, 11) is 0. The standard InChI is InChI=1S/C10H18ClN5O/c1-3-5-12-9-14-8(11)15-10(16-9)13-7(2)4-6-17/h7,17H,3-6H2,1-2H3,(H2,12,13,14,15,16). The molecule has 1 aromatic heterocycles. The molecule has 0 spiro atoms. The van der Waals surface area contributed by atoms with Crippen molar-refractivity contribution >= 4 is 23.5 Å². The summed E-state index contributed by atoms with van der Waals surface area (Å²) in [6, 6.07) is 0.0810. The maximum atomic E-state index is 8.81. The van der Waals surface area contributed by atoms with Crippen molar-refractivity contribution in [1.82, 2.24) is 15.0 Å². The molecule has 7 heteroatoms. The van der Waals surface area contributed by atoms with Crippen LogP contribution in [0.15, 0.2) is 0 Å². The van der Waals surface area contributed by atoms with Gasteiger partial charge in [-0.05, 0) is 31.4 Å². The predicted molar refractivity (Wildman–Crippen MR) is 68.4 cm³/mol. The minimum Gasteiger partial charge on any atom is -0.396 e. The average molecular weight is 260 g/mol. The summed E-state index contributed by atoms with van der Waals surface area (Å²) in [5, 5.41) is 15.1. The number of rotatable bonds is 7. The maximum absolute atomic E-state index is 8.81. The van der Waals surface area contributed by atoms with Gasteiger partial charge in [-0.25, -0.2) is 0 Å². The normalized spacial score (nSPS) is 12.2. The fourth-order valence-corrected chi connectivity index (χ4v) is 1.38. The van der Waals surface area contributed by atoms with E-state index in [1.54, 1.807) is 0 Å². The molecule has 0 aliphatic rings. The zero-order valence-corrected chi connectivity index (χ0v) is 10.8. The van der Waals surface area contributed by atoms with Gasteiger partial charge < -0.3 is 15.7 Å². The molecule has 1 heterocycles. The number of hydrogen-bond acceptors (Lipinski definition) is 6. The van der Waals surface area contributed by atoms with E-state index in [0.717, 1.165) is 13.0 Å². The van der Waals surface area contributed by atoms with Crippen LogP contribution in [0, 0.1) is 0 Å². The highest BCUT2D eigenvalue weighted by molar-refractivity contribution is 6.28. The predicted octanol–water partition coefficient (Wildman–Crippen LogP) is 1.53. The molecule has 0 amide bonds.